The number of benzene rings is 2. The van der Waals surface area contributed by atoms with Crippen molar-refractivity contribution >= 4 is 25.2 Å². The molecule has 6 N–H and O–H groups in total. The third-order valence-electron chi connectivity index (χ3n) is 3.56. The fourth-order valence-corrected chi connectivity index (χ4v) is 2.06. The molecular formula is C16H22B2O6. The highest BCUT2D eigenvalue weighted by atomic mass is 16.4. The summed E-state index contributed by atoms with van der Waals surface area (Å²) in [5, 5.41) is 53.6. The number of phenols is 2. The molecule has 2 rings (SSSR count). The topological polar surface area (TPSA) is 121 Å². The van der Waals surface area contributed by atoms with E-state index in [0.717, 1.165) is 24.0 Å². The van der Waals surface area contributed by atoms with Crippen LogP contribution in [0.4, 0.5) is 0 Å². The maximum absolute atomic E-state index is 9.27. The van der Waals surface area contributed by atoms with Crippen molar-refractivity contribution in [3.05, 3.63) is 47.5 Å². The zero-order valence-electron chi connectivity index (χ0n) is 13.7. The van der Waals surface area contributed by atoms with E-state index in [1.807, 2.05) is 13.8 Å². The van der Waals surface area contributed by atoms with Crippen LogP contribution in [0.25, 0.3) is 0 Å². The van der Waals surface area contributed by atoms with Crippen LogP contribution in [0.15, 0.2) is 36.4 Å². The maximum Gasteiger partial charge on any atom is 0.492 e. The van der Waals surface area contributed by atoms with Gasteiger partial charge in [-0.2, -0.15) is 0 Å². The van der Waals surface area contributed by atoms with Crippen molar-refractivity contribution in [2.24, 2.45) is 0 Å². The lowest BCUT2D eigenvalue weighted by atomic mass is 9.79. The average Bonchev–Trinajstić information content (AvgIpc) is 2.54. The summed E-state index contributed by atoms with van der Waals surface area (Å²) >= 11 is 0. The van der Waals surface area contributed by atoms with E-state index in [0.29, 0.717) is 0 Å². The summed E-state index contributed by atoms with van der Waals surface area (Å²) in [4.78, 5) is 0. The Bertz CT molecular complexity index is 604. The molecule has 0 aliphatic heterocycles. The molecule has 0 aromatic heterocycles. The Labute approximate surface area is 142 Å². The fraction of sp³-hybridized carbons (Fsp3) is 0.250. The summed E-state index contributed by atoms with van der Waals surface area (Å²) in [5.41, 5.74) is 2.23. The second kappa shape index (κ2) is 9.34. The van der Waals surface area contributed by atoms with E-state index in [9.17, 15) is 10.2 Å². The Morgan fingerprint density at radius 2 is 1.00 bits per heavy atom. The molecule has 128 valence electrons. The van der Waals surface area contributed by atoms with Gasteiger partial charge < -0.3 is 30.3 Å². The Morgan fingerprint density at radius 1 is 0.667 bits per heavy atom. The smallest absolute Gasteiger partial charge is 0.492 e. The van der Waals surface area contributed by atoms with Gasteiger partial charge in [0.2, 0.25) is 0 Å². The molecule has 0 bridgehead atoms. The van der Waals surface area contributed by atoms with Gasteiger partial charge in [0.05, 0.1) is 0 Å². The maximum atomic E-state index is 9.27. The molecule has 0 saturated carbocycles. The zero-order valence-corrected chi connectivity index (χ0v) is 13.7. The minimum absolute atomic E-state index is 0.0654. The average molecular weight is 332 g/mol. The van der Waals surface area contributed by atoms with Crippen molar-refractivity contribution in [1.29, 1.82) is 0 Å². The minimum Gasteiger partial charge on any atom is -0.508 e. The molecule has 2 aromatic rings. The monoisotopic (exact) mass is 332 g/mol. The number of hydrogen-bond acceptors (Lipinski definition) is 6. The van der Waals surface area contributed by atoms with E-state index in [-0.39, 0.29) is 22.4 Å². The molecule has 0 radical (unpaired) electrons. The van der Waals surface area contributed by atoms with Crippen LogP contribution in [-0.2, 0) is 12.8 Å². The summed E-state index contributed by atoms with van der Waals surface area (Å²) in [6, 6.07) is 9.62. The number of rotatable bonds is 4. The van der Waals surface area contributed by atoms with Gasteiger partial charge in [-0.1, -0.05) is 38.1 Å². The van der Waals surface area contributed by atoms with Gasteiger partial charge in [0.15, 0.2) is 0 Å². The highest BCUT2D eigenvalue weighted by Gasteiger charge is 2.16. The van der Waals surface area contributed by atoms with Crippen molar-refractivity contribution in [2.45, 2.75) is 26.7 Å². The molecule has 2 aromatic carbocycles. The molecule has 0 spiro atoms. The molecule has 24 heavy (non-hydrogen) atoms. The van der Waals surface area contributed by atoms with E-state index in [1.165, 1.54) is 24.3 Å². The number of phenolic OH excluding ortho intramolecular Hbond substituents is 2. The minimum atomic E-state index is -1.60. The summed E-state index contributed by atoms with van der Waals surface area (Å²) in [7, 11) is -3.20. The Kier molecular flexibility index (Phi) is 7.81. The lowest BCUT2D eigenvalue weighted by Crippen LogP contribution is -2.29. The zero-order chi connectivity index (χ0) is 18.3. The predicted molar refractivity (Wildman–Crippen MR) is 94.6 cm³/mol. The van der Waals surface area contributed by atoms with Crippen molar-refractivity contribution < 1.29 is 30.3 Å². The first-order valence-corrected chi connectivity index (χ1v) is 7.65. The lowest BCUT2D eigenvalue weighted by molar-refractivity contribution is 0.418. The normalized spacial score (nSPS) is 9.92. The van der Waals surface area contributed by atoms with E-state index >= 15 is 0 Å². The van der Waals surface area contributed by atoms with Crippen LogP contribution in [0.1, 0.15) is 25.0 Å². The summed E-state index contributed by atoms with van der Waals surface area (Å²) in [6.45, 7) is 3.92. The fourth-order valence-electron chi connectivity index (χ4n) is 2.06. The van der Waals surface area contributed by atoms with Crippen molar-refractivity contribution in [2.75, 3.05) is 0 Å². The van der Waals surface area contributed by atoms with Gasteiger partial charge in [0.1, 0.15) is 11.5 Å². The molecule has 0 saturated heterocycles. The third-order valence-corrected chi connectivity index (χ3v) is 3.56. The highest BCUT2D eigenvalue weighted by molar-refractivity contribution is 6.60. The molecule has 0 heterocycles. The van der Waals surface area contributed by atoms with Crippen LogP contribution in [0, 0.1) is 0 Å². The van der Waals surface area contributed by atoms with E-state index in [2.05, 4.69) is 0 Å². The molecule has 0 aliphatic rings. The standard InChI is InChI=1S/2C8H11BO3/c2*1-2-6-3-4-7(9(11)12)8(10)5-6/h2*3-5,10-12H,2H2,1H3. The van der Waals surface area contributed by atoms with Gasteiger partial charge >= 0.3 is 14.2 Å². The van der Waals surface area contributed by atoms with Gasteiger partial charge in [-0.3, -0.25) is 0 Å². The van der Waals surface area contributed by atoms with E-state index in [4.69, 9.17) is 20.1 Å². The van der Waals surface area contributed by atoms with Crippen molar-refractivity contribution in [1.82, 2.24) is 0 Å². The lowest BCUT2D eigenvalue weighted by Gasteiger charge is -2.04. The molecule has 0 amide bonds. The number of hydrogen-bond donors (Lipinski definition) is 6. The molecule has 6 nitrogen and oxygen atoms in total. The van der Waals surface area contributed by atoms with Gasteiger partial charge in [0, 0.05) is 10.9 Å². The quantitative estimate of drug-likeness (QED) is 0.411. The molecular weight excluding hydrogens is 310 g/mol. The summed E-state index contributed by atoms with van der Waals surface area (Å²) in [6.07, 6.45) is 1.63. The highest BCUT2D eigenvalue weighted by Crippen LogP contribution is 2.10. The predicted octanol–water partition coefficient (Wildman–Crippen LogP) is -0.731. The SMILES string of the molecule is CCc1ccc(B(O)O)c(O)c1.CCc1ccc(B(O)O)c(O)c1. The first-order chi connectivity index (χ1) is 11.3. The van der Waals surface area contributed by atoms with Crippen molar-refractivity contribution in [3.8, 4) is 11.5 Å². The van der Waals surface area contributed by atoms with Gasteiger partial charge in [-0.05, 0) is 36.1 Å². The second-order valence-corrected chi connectivity index (χ2v) is 5.24. The largest absolute Gasteiger partial charge is 0.508 e. The van der Waals surface area contributed by atoms with Crippen molar-refractivity contribution in [3.63, 3.8) is 0 Å². The third kappa shape index (κ3) is 5.58. The summed E-state index contributed by atoms with van der Waals surface area (Å²) < 4.78 is 0. The molecule has 0 fully saturated rings. The van der Waals surface area contributed by atoms with Crippen LogP contribution < -0.4 is 10.9 Å². The van der Waals surface area contributed by atoms with Crippen LogP contribution >= 0.6 is 0 Å². The molecule has 0 aliphatic carbocycles. The van der Waals surface area contributed by atoms with Gasteiger partial charge in [-0.15, -0.1) is 0 Å². The van der Waals surface area contributed by atoms with E-state index in [1.54, 1.807) is 12.1 Å². The Morgan fingerprint density at radius 3 is 1.21 bits per heavy atom. The second-order valence-electron chi connectivity index (χ2n) is 5.24. The first kappa shape index (κ1) is 20.1. The van der Waals surface area contributed by atoms with Crippen LogP contribution in [0.5, 0.6) is 11.5 Å². The Hall–Kier alpha value is -1.99. The van der Waals surface area contributed by atoms with Crippen LogP contribution in [-0.4, -0.2) is 44.5 Å². The molecule has 0 unspecified atom stereocenters. The van der Waals surface area contributed by atoms with E-state index < -0.39 is 14.2 Å². The van der Waals surface area contributed by atoms with Crippen LogP contribution in [0.3, 0.4) is 0 Å². The Balaban J connectivity index is 0.000000240. The molecule has 0 atom stereocenters. The van der Waals surface area contributed by atoms with Gasteiger partial charge in [0.25, 0.3) is 0 Å². The number of aryl methyl sites for hydroxylation is 2. The van der Waals surface area contributed by atoms with Crippen LogP contribution in [0.2, 0.25) is 0 Å². The first-order valence-electron chi connectivity index (χ1n) is 7.65. The summed E-state index contributed by atoms with van der Waals surface area (Å²) in [5.74, 6) is -0.131. The van der Waals surface area contributed by atoms with Gasteiger partial charge in [-0.25, -0.2) is 0 Å². The number of aromatic hydroxyl groups is 2. The molecule has 8 heteroatoms.